The lowest BCUT2D eigenvalue weighted by atomic mass is 10.1. The zero-order chi connectivity index (χ0) is 17.2. The fourth-order valence-electron chi connectivity index (χ4n) is 2.18. The SMILES string of the molecule is CCc1cccc(C)c1NS(=O)(=O)c1ccc(O)c([N+](=O)[O-])c1. The molecule has 0 amide bonds. The standard InChI is InChI=1S/C15H16N2O5S/c1-3-11-6-4-5-10(2)15(11)16-23(21,22)12-7-8-14(18)13(9-12)17(19)20/h4-9,16,18H,3H2,1-2H3. The van der Waals surface area contributed by atoms with Crippen LogP contribution in [-0.2, 0) is 16.4 Å². The molecule has 0 aliphatic heterocycles. The molecule has 122 valence electrons. The Labute approximate surface area is 133 Å². The number of nitro groups is 1. The summed E-state index contributed by atoms with van der Waals surface area (Å²) in [4.78, 5) is 9.73. The van der Waals surface area contributed by atoms with Crippen molar-refractivity contribution in [3.63, 3.8) is 0 Å². The fraction of sp³-hybridized carbons (Fsp3) is 0.200. The normalized spacial score (nSPS) is 11.2. The van der Waals surface area contributed by atoms with Gasteiger partial charge in [-0.3, -0.25) is 14.8 Å². The maximum absolute atomic E-state index is 12.5. The predicted molar refractivity (Wildman–Crippen MR) is 86.1 cm³/mol. The largest absolute Gasteiger partial charge is 0.502 e. The van der Waals surface area contributed by atoms with E-state index < -0.39 is 26.4 Å². The number of anilines is 1. The molecule has 2 rings (SSSR count). The smallest absolute Gasteiger partial charge is 0.312 e. The van der Waals surface area contributed by atoms with Crippen molar-refractivity contribution in [2.75, 3.05) is 4.72 Å². The van der Waals surface area contributed by atoms with Gasteiger partial charge in [0.15, 0.2) is 5.75 Å². The summed E-state index contributed by atoms with van der Waals surface area (Å²) in [5, 5.41) is 20.3. The lowest BCUT2D eigenvalue weighted by Crippen LogP contribution is -2.15. The van der Waals surface area contributed by atoms with Crippen molar-refractivity contribution in [3.05, 3.63) is 57.6 Å². The van der Waals surface area contributed by atoms with E-state index in [0.717, 1.165) is 29.3 Å². The van der Waals surface area contributed by atoms with E-state index in [1.54, 1.807) is 13.0 Å². The molecule has 0 fully saturated rings. The summed E-state index contributed by atoms with van der Waals surface area (Å²) < 4.78 is 27.5. The Morgan fingerprint density at radius 2 is 1.96 bits per heavy atom. The number of nitrogens with zero attached hydrogens (tertiary/aromatic N) is 1. The van der Waals surface area contributed by atoms with E-state index in [2.05, 4.69) is 4.72 Å². The van der Waals surface area contributed by atoms with Gasteiger partial charge in [-0.05, 0) is 36.6 Å². The van der Waals surface area contributed by atoms with Crippen molar-refractivity contribution in [1.29, 1.82) is 0 Å². The minimum Gasteiger partial charge on any atom is -0.502 e. The summed E-state index contributed by atoms with van der Waals surface area (Å²) in [6.07, 6.45) is 0.634. The van der Waals surface area contributed by atoms with E-state index in [-0.39, 0.29) is 4.90 Å². The highest BCUT2D eigenvalue weighted by Gasteiger charge is 2.22. The second-order valence-corrected chi connectivity index (χ2v) is 6.66. The number of rotatable bonds is 5. The van der Waals surface area contributed by atoms with Gasteiger partial charge in [-0.25, -0.2) is 8.42 Å². The quantitative estimate of drug-likeness (QED) is 0.644. The van der Waals surface area contributed by atoms with Gasteiger partial charge in [0, 0.05) is 6.07 Å². The van der Waals surface area contributed by atoms with Crippen LogP contribution in [0.2, 0.25) is 0 Å². The molecular weight excluding hydrogens is 320 g/mol. The van der Waals surface area contributed by atoms with E-state index in [1.165, 1.54) is 0 Å². The molecule has 0 saturated heterocycles. The zero-order valence-electron chi connectivity index (χ0n) is 12.6. The Morgan fingerprint density at radius 1 is 1.26 bits per heavy atom. The molecule has 0 saturated carbocycles. The number of para-hydroxylation sites is 1. The topological polar surface area (TPSA) is 110 Å². The van der Waals surface area contributed by atoms with Gasteiger partial charge in [0.25, 0.3) is 10.0 Å². The van der Waals surface area contributed by atoms with Gasteiger partial charge >= 0.3 is 5.69 Å². The first-order chi connectivity index (χ1) is 10.8. The molecule has 2 N–H and O–H groups in total. The van der Waals surface area contributed by atoms with Gasteiger partial charge in [-0.15, -0.1) is 0 Å². The molecule has 0 unspecified atom stereocenters. The molecule has 23 heavy (non-hydrogen) atoms. The molecule has 0 aliphatic carbocycles. The summed E-state index contributed by atoms with van der Waals surface area (Å²) in [5.41, 5.74) is 1.38. The predicted octanol–water partition coefficient (Wildman–Crippen LogP) is 2.97. The van der Waals surface area contributed by atoms with Crippen molar-refractivity contribution in [2.24, 2.45) is 0 Å². The molecule has 2 aromatic carbocycles. The Hall–Kier alpha value is -2.61. The third kappa shape index (κ3) is 3.42. The lowest BCUT2D eigenvalue weighted by Gasteiger charge is -2.14. The Morgan fingerprint density at radius 3 is 2.57 bits per heavy atom. The molecule has 0 bridgehead atoms. The number of benzene rings is 2. The Kier molecular flexibility index (Phi) is 4.55. The number of sulfonamides is 1. The summed E-state index contributed by atoms with van der Waals surface area (Å²) in [5.74, 6) is -0.584. The van der Waals surface area contributed by atoms with Gasteiger partial charge < -0.3 is 5.11 Å². The van der Waals surface area contributed by atoms with Crippen molar-refractivity contribution >= 4 is 21.4 Å². The van der Waals surface area contributed by atoms with Gasteiger partial charge in [0.2, 0.25) is 0 Å². The molecule has 0 spiro atoms. The average molecular weight is 336 g/mol. The summed E-state index contributed by atoms with van der Waals surface area (Å²) in [6, 6.07) is 8.36. The molecule has 0 heterocycles. The van der Waals surface area contributed by atoms with Gasteiger partial charge in [-0.2, -0.15) is 0 Å². The molecule has 8 heteroatoms. The van der Waals surface area contributed by atoms with Crippen LogP contribution in [0.5, 0.6) is 5.75 Å². The van der Waals surface area contributed by atoms with Crippen LogP contribution in [0, 0.1) is 17.0 Å². The van der Waals surface area contributed by atoms with Gasteiger partial charge in [-0.1, -0.05) is 25.1 Å². The van der Waals surface area contributed by atoms with Crippen LogP contribution >= 0.6 is 0 Å². The third-order valence-electron chi connectivity index (χ3n) is 3.43. The second-order valence-electron chi connectivity index (χ2n) is 4.98. The number of nitro benzene ring substituents is 1. The van der Waals surface area contributed by atoms with E-state index in [4.69, 9.17) is 0 Å². The molecule has 0 aliphatic rings. The zero-order valence-corrected chi connectivity index (χ0v) is 13.4. The molecule has 0 aromatic heterocycles. The molecular formula is C15H16N2O5S. The van der Waals surface area contributed by atoms with Gasteiger partial charge in [0.05, 0.1) is 15.5 Å². The fourth-order valence-corrected chi connectivity index (χ4v) is 3.37. The number of hydrogen-bond acceptors (Lipinski definition) is 5. The second kappa shape index (κ2) is 6.25. The lowest BCUT2D eigenvalue weighted by molar-refractivity contribution is -0.386. The number of phenols is 1. The van der Waals surface area contributed by atoms with Crippen molar-refractivity contribution < 1.29 is 18.4 Å². The minimum atomic E-state index is -4.01. The Bertz CT molecular complexity index is 862. The average Bonchev–Trinajstić information content (AvgIpc) is 2.49. The highest BCUT2D eigenvalue weighted by molar-refractivity contribution is 7.92. The van der Waals surface area contributed by atoms with Crippen LogP contribution in [-0.4, -0.2) is 18.4 Å². The maximum atomic E-state index is 12.5. The van der Waals surface area contributed by atoms with E-state index >= 15 is 0 Å². The Balaban J connectivity index is 2.49. The first-order valence-corrected chi connectivity index (χ1v) is 8.33. The van der Waals surface area contributed by atoms with E-state index in [0.29, 0.717) is 12.1 Å². The van der Waals surface area contributed by atoms with Gasteiger partial charge in [0.1, 0.15) is 0 Å². The molecule has 0 atom stereocenters. The third-order valence-corrected chi connectivity index (χ3v) is 4.78. The highest BCUT2D eigenvalue weighted by Crippen LogP contribution is 2.30. The first-order valence-electron chi connectivity index (χ1n) is 6.85. The number of nitrogens with one attached hydrogen (secondary N) is 1. The summed E-state index contributed by atoms with van der Waals surface area (Å²) in [7, 11) is -4.01. The van der Waals surface area contributed by atoms with Crippen molar-refractivity contribution in [3.8, 4) is 5.75 Å². The minimum absolute atomic E-state index is 0.285. The van der Waals surface area contributed by atoms with Crippen LogP contribution in [0.25, 0.3) is 0 Å². The monoisotopic (exact) mass is 336 g/mol. The van der Waals surface area contributed by atoms with E-state index in [1.807, 2.05) is 19.1 Å². The van der Waals surface area contributed by atoms with Crippen molar-refractivity contribution in [1.82, 2.24) is 0 Å². The molecule has 2 aromatic rings. The van der Waals surface area contributed by atoms with Crippen LogP contribution in [0.3, 0.4) is 0 Å². The number of hydrogen-bond donors (Lipinski definition) is 2. The maximum Gasteiger partial charge on any atom is 0.312 e. The highest BCUT2D eigenvalue weighted by atomic mass is 32.2. The van der Waals surface area contributed by atoms with Crippen LogP contribution in [0.4, 0.5) is 11.4 Å². The van der Waals surface area contributed by atoms with Crippen LogP contribution in [0.1, 0.15) is 18.1 Å². The van der Waals surface area contributed by atoms with E-state index in [9.17, 15) is 23.6 Å². The first kappa shape index (κ1) is 16.8. The van der Waals surface area contributed by atoms with Crippen LogP contribution in [0.15, 0.2) is 41.3 Å². The summed E-state index contributed by atoms with van der Waals surface area (Å²) >= 11 is 0. The van der Waals surface area contributed by atoms with Crippen LogP contribution < -0.4 is 4.72 Å². The number of aryl methyl sites for hydroxylation is 2. The molecule has 7 nitrogen and oxygen atoms in total. The number of aromatic hydroxyl groups is 1. The van der Waals surface area contributed by atoms with Crippen molar-refractivity contribution in [2.45, 2.75) is 25.2 Å². The molecule has 0 radical (unpaired) electrons. The summed E-state index contributed by atoms with van der Waals surface area (Å²) in [6.45, 7) is 3.67. The number of phenolic OH excluding ortho intramolecular Hbond substituents is 1.